The normalized spacial score (nSPS) is 10.7. The van der Waals surface area contributed by atoms with Gasteiger partial charge in [-0.2, -0.15) is 4.98 Å². The maximum atomic E-state index is 13.0. The van der Waals surface area contributed by atoms with Crippen LogP contribution in [0.25, 0.3) is 11.1 Å². The second-order valence-corrected chi connectivity index (χ2v) is 3.88. The highest BCUT2D eigenvalue weighted by Crippen LogP contribution is 2.23. The van der Waals surface area contributed by atoms with Crippen LogP contribution in [0.2, 0.25) is 0 Å². The van der Waals surface area contributed by atoms with Crippen molar-refractivity contribution >= 4 is 28.5 Å². The summed E-state index contributed by atoms with van der Waals surface area (Å²) in [6, 6.07) is 11.7. The molecule has 0 saturated heterocycles. The highest BCUT2D eigenvalue weighted by molar-refractivity contribution is 5.75. The van der Waals surface area contributed by atoms with Crippen molar-refractivity contribution in [3.8, 4) is 0 Å². The van der Waals surface area contributed by atoms with Gasteiger partial charge in [0.05, 0.1) is 0 Å². The number of fused-ring (bicyclic) bond motifs is 1. The molecule has 4 nitrogen and oxygen atoms in total. The number of nitrogens with zero attached hydrogens (tertiary/aromatic N) is 1. The van der Waals surface area contributed by atoms with E-state index in [0.717, 1.165) is 5.69 Å². The molecular weight excluding hydrogens is 233 g/mol. The first-order valence-electron chi connectivity index (χ1n) is 5.39. The molecule has 0 bridgehead atoms. The van der Waals surface area contributed by atoms with E-state index >= 15 is 0 Å². The van der Waals surface area contributed by atoms with Gasteiger partial charge in [-0.1, -0.05) is 0 Å². The molecule has 0 fully saturated rings. The summed E-state index contributed by atoms with van der Waals surface area (Å²) >= 11 is 0. The Balaban J connectivity index is 1.92. The van der Waals surface area contributed by atoms with Crippen molar-refractivity contribution in [2.45, 2.75) is 0 Å². The van der Waals surface area contributed by atoms with E-state index in [1.807, 2.05) is 12.1 Å². The minimum absolute atomic E-state index is 0.320. The molecule has 1 aromatic heterocycles. The van der Waals surface area contributed by atoms with Gasteiger partial charge in [0.25, 0.3) is 6.01 Å². The van der Waals surface area contributed by atoms with Crippen LogP contribution in [0.3, 0.4) is 0 Å². The van der Waals surface area contributed by atoms with Crippen LogP contribution in [0.4, 0.5) is 21.8 Å². The maximum Gasteiger partial charge on any atom is 0.300 e. The van der Waals surface area contributed by atoms with E-state index in [1.54, 1.807) is 18.2 Å². The second kappa shape index (κ2) is 4.03. The first-order valence-corrected chi connectivity index (χ1v) is 5.39. The standard InChI is InChI=1S/C13H10FN3O/c14-8-1-6-11-12(7-8)18-13(17-11)16-10-4-2-9(15)3-5-10/h1-7H,15H2,(H,16,17). The zero-order valence-electron chi connectivity index (χ0n) is 9.35. The molecule has 0 aliphatic carbocycles. The van der Waals surface area contributed by atoms with Gasteiger partial charge < -0.3 is 15.5 Å². The van der Waals surface area contributed by atoms with E-state index in [9.17, 15) is 4.39 Å². The lowest BCUT2D eigenvalue weighted by molar-refractivity contribution is 0.604. The number of nitrogen functional groups attached to an aromatic ring is 1. The summed E-state index contributed by atoms with van der Waals surface area (Å²) in [5.41, 5.74) is 8.09. The number of hydrogen-bond donors (Lipinski definition) is 2. The molecule has 3 N–H and O–H groups in total. The first kappa shape index (κ1) is 10.6. The fourth-order valence-corrected chi connectivity index (χ4v) is 1.64. The third-order valence-electron chi connectivity index (χ3n) is 2.51. The molecule has 0 atom stereocenters. The van der Waals surface area contributed by atoms with Crippen LogP contribution in [0, 0.1) is 5.82 Å². The number of halogens is 1. The van der Waals surface area contributed by atoms with E-state index in [-0.39, 0.29) is 5.82 Å². The van der Waals surface area contributed by atoms with Crippen LogP contribution in [0.1, 0.15) is 0 Å². The zero-order valence-corrected chi connectivity index (χ0v) is 9.35. The van der Waals surface area contributed by atoms with Gasteiger partial charge in [-0.05, 0) is 36.4 Å². The van der Waals surface area contributed by atoms with Crippen LogP contribution in [-0.4, -0.2) is 4.98 Å². The molecule has 0 aliphatic heterocycles. The number of benzene rings is 2. The highest BCUT2D eigenvalue weighted by Gasteiger charge is 2.06. The van der Waals surface area contributed by atoms with E-state index in [2.05, 4.69) is 10.3 Å². The molecule has 0 unspecified atom stereocenters. The predicted molar refractivity (Wildman–Crippen MR) is 68.1 cm³/mol. The molecular formula is C13H10FN3O. The van der Waals surface area contributed by atoms with E-state index in [0.29, 0.717) is 22.8 Å². The number of oxazole rings is 1. The van der Waals surface area contributed by atoms with Crippen molar-refractivity contribution in [2.75, 3.05) is 11.1 Å². The minimum atomic E-state index is -0.349. The third-order valence-corrected chi connectivity index (χ3v) is 2.51. The molecule has 90 valence electrons. The summed E-state index contributed by atoms with van der Waals surface area (Å²) in [6.07, 6.45) is 0. The van der Waals surface area contributed by atoms with Gasteiger partial charge in [0, 0.05) is 17.4 Å². The van der Waals surface area contributed by atoms with Crippen LogP contribution < -0.4 is 11.1 Å². The SMILES string of the molecule is Nc1ccc(Nc2nc3ccc(F)cc3o2)cc1. The predicted octanol–water partition coefficient (Wildman–Crippen LogP) is 3.29. The van der Waals surface area contributed by atoms with E-state index < -0.39 is 0 Å². The van der Waals surface area contributed by atoms with Gasteiger partial charge in [0.15, 0.2) is 5.58 Å². The molecule has 0 amide bonds. The largest absolute Gasteiger partial charge is 0.423 e. The van der Waals surface area contributed by atoms with Crippen molar-refractivity contribution in [2.24, 2.45) is 0 Å². The van der Waals surface area contributed by atoms with Crippen LogP contribution in [-0.2, 0) is 0 Å². The zero-order chi connectivity index (χ0) is 12.5. The summed E-state index contributed by atoms with van der Waals surface area (Å²) in [7, 11) is 0. The monoisotopic (exact) mass is 243 g/mol. The average molecular weight is 243 g/mol. The summed E-state index contributed by atoms with van der Waals surface area (Å²) in [5, 5.41) is 2.98. The molecule has 0 saturated carbocycles. The number of hydrogen-bond acceptors (Lipinski definition) is 4. The lowest BCUT2D eigenvalue weighted by Crippen LogP contribution is -1.90. The average Bonchev–Trinajstić information content (AvgIpc) is 2.73. The Morgan fingerprint density at radius 3 is 2.67 bits per heavy atom. The Kier molecular flexibility index (Phi) is 2.37. The van der Waals surface area contributed by atoms with Crippen LogP contribution in [0.15, 0.2) is 46.9 Å². The van der Waals surface area contributed by atoms with Crippen molar-refractivity contribution in [3.63, 3.8) is 0 Å². The Labute approximate surface area is 102 Å². The van der Waals surface area contributed by atoms with Crippen LogP contribution in [0.5, 0.6) is 0 Å². The van der Waals surface area contributed by atoms with Gasteiger partial charge in [-0.15, -0.1) is 0 Å². The number of rotatable bonds is 2. The number of nitrogens with one attached hydrogen (secondary N) is 1. The molecule has 0 radical (unpaired) electrons. The number of aromatic nitrogens is 1. The van der Waals surface area contributed by atoms with Crippen molar-refractivity contribution < 1.29 is 8.81 Å². The number of anilines is 3. The Morgan fingerprint density at radius 1 is 1.11 bits per heavy atom. The summed E-state index contributed by atoms with van der Waals surface area (Å²) in [4.78, 5) is 4.20. The molecule has 1 heterocycles. The summed E-state index contributed by atoms with van der Waals surface area (Å²) < 4.78 is 18.4. The van der Waals surface area contributed by atoms with Crippen LogP contribution >= 0.6 is 0 Å². The molecule has 2 aromatic carbocycles. The smallest absolute Gasteiger partial charge is 0.300 e. The third kappa shape index (κ3) is 1.98. The fourth-order valence-electron chi connectivity index (χ4n) is 1.64. The Bertz CT molecular complexity index is 691. The molecule has 5 heteroatoms. The summed E-state index contributed by atoms with van der Waals surface area (Å²) in [6.45, 7) is 0. The topological polar surface area (TPSA) is 64.1 Å². The van der Waals surface area contributed by atoms with Gasteiger partial charge >= 0.3 is 0 Å². The molecule has 0 aliphatic rings. The van der Waals surface area contributed by atoms with Gasteiger partial charge in [0.1, 0.15) is 11.3 Å². The van der Waals surface area contributed by atoms with E-state index in [4.69, 9.17) is 10.2 Å². The van der Waals surface area contributed by atoms with Crippen molar-refractivity contribution in [1.29, 1.82) is 0 Å². The lowest BCUT2D eigenvalue weighted by atomic mass is 10.3. The quantitative estimate of drug-likeness (QED) is 0.678. The van der Waals surface area contributed by atoms with Crippen molar-refractivity contribution in [1.82, 2.24) is 4.98 Å². The Morgan fingerprint density at radius 2 is 1.89 bits per heavy atom. The fraction of sp³-hybridized carbons (Fsp3) is 0. The lowest BCUT2D eigenvalue weighted by Gasteiger charge is -2.00. The van der Waals surface area contributed by atoms with Crippen molar-refractivity contribution in [3.05, 3.63) is 48.3 Å². The van der Waals surface area contributed by atoms with Gasteiger partial charge in [0.2, 0.25) is 0 Å². The highest BCUT2D eigenvalue weighted by atomic mass is 19.1. The molecule has 3 aromatic rings. The van der Waals surface area contributed by atoms with Gasteiger partial charge in [-0.25, -0.2) is 4.39 Å². The van der Waals surface area contributed by atoms with Gasteiger partial charge in [-0.3, -0.25) is 0 Å². The molecule has 3 rings (SSSR count). The summed E-state index contributed by atoms with van der Waals surface area (Å²) in [5.74, 6) is -0.349. The van der Waals surface area contributed by atoms with E-state index in [1.165, 1.54) is 12.1 Å². The molecule has 18 heavy (non-hydrogen) atoms. The second-order valence-electron chi connectivity index (χ2n) is 3.88. The maximum absolute atomic E-state index is 13.0. The first-order chi connectivity index (χ1) is 8.70. The Hall–Kier alpha value is -2.56. The molecule has 0 spiro atoms. The minimum Gasteiger partial charge on any atom is -0.423 e. The number of nitrogens with two attached hydrogens (primary N) is 1.